The van der Waals surface area contributed by atoms with Gasteiger partial charge in [0.1, 0.15) is 16.1 Å². The number of aromatic nitrogens is 4. The van der Waals surface area contributed by atoms with E-state index < -0.39 is 26.2 Å². The van der Waals surface area contributed by atoms with Crippen LogP contribution in [0.5, 0.6) is 17.2 Å². The van der Waals surface area contributed by atoms with Crippen LogP contribution in [0.4, 0.5) is 15.3 Å². The topological polar surface area (TPSA) is 279 Å². The average Bonchev–Trinajstić information content (AvgIpc) is 4.10. The van der Waals surface area contributed by atoms with E-state index in [1.54, 1.807) is 49.1 Å². The molecule has 2 aromatic heterocycles. The van der Waals surface area contributed by atoms with E-state index >= 15 is 0 Å². The van der Waals surface area contributed by atoms with Crippen molar-refractivity contribution >= 4 is 66.5 Å². The molecule has 5 amide bonds. The number of nitrogens with zero attached hydrogens (tertiary/aromatic N) is 6. The Hall–Kier alpha value is -6.99. The lowest BCUT2D eigenvalue weighted by Gasteiger charge is -2.23. The number of phenols is 2. The van der Waals surface area contributed by atoms with Crippen molar-refractivity contribution in [1.82, 2.24) is 50.5 Å². The number of urea groups is 2. The van der Waals surface area contributed by atoms with Gasteiger partial charge in [0.15, 0.2) is 17.2 Å². The highest BCUT2D eigenvalue weighted by molar-refractivity contribution is 8.00. The van der Waals surface area contributed by atoms with Crippen molar-refractivity contribution in [3.63, 3.8) is 0 Å². The number of thioether (sulfide) groups is 1. The number of carbonyl (C=O) groups excluding carboxylic acids is 3. The van der Waals surface area contributed by atoms with Crippen LogP contribution in [0.1, 0.15) is 48.2 Å². The summed E-state index contributed by atoms with van der Waals surface area (Å²) in [7, 11) is -5.59. The highest BCUT2D eigenvalue weighted by Crippen LogP contribution is 2.35. The zero-order chi connectivity index (χ0) is 51.9. The summed E-state index contributed by atoms with van der Waals surface area (Å²) in [6.45, 7) is 3.16. The van der Waals surface area contributed by atoms with Gasteiger partial charge in [-0.1, -0.05) is 29.8 Å². The summed E-state index contributed by atoms with van der Waals surface area (Å²) in [5.74, 6) is 0.284. The number of anilines is 1. The van der Waals surface area contributed by atoms with Gasteiger partial charge in [0.25, 0.3) is 0 Å². The minimum atomic E-state index is -4.48. The molecule has 7 N–H and O–H groups in total. The number of sulfonamides is 1. The van der Waals surface area contributed by atoms with Crippen LogP contribution in [0.3, 0.4) is 0 Å². The van der Waals surface area contributed by atoms with Crippen molar-refractivity contribution in [3.05, 3.63) is 120 Å². The Bertz CT molecular complexity index is 3200. The first-order valence-electron chi connectivity index (χ1n) is 23.5. The van der Waals surface area contributed by atoms with Crippen LogP contribution in [-0.4, -0.2) is 131 Å². The van der Waals surface area contributed by atoms with Crippen molar-refractivity contribution < 1.29 is 45.6 Å². The quantitative estimate of drug-likeness (QED) is 0.0209. The monoisotopic (exact) mass is 1060 g/mol. The number of phenolic OH excluding ortho intramolecular Hbond substituents is 2. The standard InChI is InChI=1S/C49H57N11O10S3/c1-31-8-18-38-44(72(66,67)59(3)25-24-58(2)45(63)7-5-4-6-43-47-39(30-71-43)54-49(65)55-47)21-20-42(46(38)52-31)70-73(68,69)37-16-12-34(13-17-37)53-48(64)51-28-35-29-60(57-56-35)36-14-9-33(10-15-36)27-50-23-22-32-11-19-40(61)41(62)26-32/h8-21,26,29,39,43,47,50,61-62H,4-7,22-25,27-28,30H2,1-3H3,(H2,51,53,64)(H2,54,55,65)/t39-,43-,47-/m0/s1. The molecule has 0 saturated carbocycles. The summed E-state index contributed by atoms with van der Waals surface area (Å²) < 4.78 is 63.4. The molecule has 24 heteroatoms. The lowest BCUT2D eigenvalue weighted by atomic mass is 10.0. The summed E-state index contributed by atoms with van der Waals surface area (Å²) >= 11 is 1.83. The molecule has 2 aliphatic rings. The Balaban J connectivity index is 0.796. The third kappa shape index (κ3) is 13.0. The SMILES string of the molecule is Cc1ccc2c(S(=O)(=O)N(C)CCN(C)C(=O)CCCC[C@@H]3SC[C@@H]4NC(=O)N[C@@H]43)ccc(OS(=O)(=O)c3ccc(NC(=O)NCc4cn(-c5ccc(CNCCc6ccc(O)c(O)c6)cc5)nn4)cc3)c2n1. The number of pyridine rings is 1. The fraction of sp³-hybridized carbons (Fsp3) is 0.347. The molecule has 0 spiro atoms. The fourth-order valence-electron chi connectivity index (χ4n) is 8.39. The van der Waals surface area contributed by atoms with E-state index in [-0.39, 0.29) is 81.6 Å². The molecule has 386 valence electrons. The normalized spacial score (nSPS) is 16.5. The van der Waals surface area contributed by atoms with E-state index in [2.05, 4.69) is 41.9 Å². The van der Waals surface area contributed by atoms with E-state index in [0.29, 0.717) is 54.7 Å². The Morgan fingerprint density at radius 2 is 1.66 bits per heavy atom. The number of benzene rings is 4. The number of aromatic hydroxyl groups is 2. The number of nitrogens with one attached hydrogen (secondary N) is 5. The number of carbonyl (C=O) groups is 3. The molecular weight excluding hydrogens is 999 g/mol. The number of amides is 5. The second-order valence-corrected chi connectivity index (χ2v) is 22.7. The number of rotatable bonds is 22. The summed E-state index contributed by atoms with van der Waals surface area (Å²) in [4.78, 5) is 43.1. The van der Waals surface area contributed by atoms with Crippen LogP contribution in [0.15, 0.2) is 107 Å². The maximum atomic E-state index is 14.0. The summed E-state index contributed by atoms with van der Waals surface area (Å²) in [6.07, 6.45) is 5.06. The molecule has 8 rings (SSSR count). The lowest BCUT2D eigenvalue weighted by Crippen LogP contribution is -2.37. The number of aryl methyl sites for hydroxylation is 1. The van der Waals surface area contributed by atoms with Crippen LogP contribution < -0.4 is 30.8 Å². The Labute approximate surface area is 427 Å². The highest BCUT2D eigenvalue weighted by Gasteiger charge is 2.42. The molecule has 2 saturated heterocycles. The predicted molar refractivity (Wildman–Crippen MR) is 275 cm³/mol. The first kappa shape index (κ1) is 52.3. The molecule has 73 heavy (non-hydrogen) atoms. The Kier molecular flexibility index (Phi) is 16.4. The maximum absolute atomic E-state index is 14.0. The van der Waals surface area contributed by atoms with Crippen molar-refractivity contribution in [3.8, 4) is 22.9 Å². The molecule has 21 nitrogen and oxygen atoms in total. The number of hydrogen-bond donors (Lipinski definition) is 7. The third-order valence-corrected chi connectivity index (χ3v) is 17.3. The van der Waals surface area contributed by atoms with Crippen LogP contribution >= 0.6 is 11.8 Å². The molecule has 0 unspecified atom stereocenters. The second kappa shape index (κ2) is 22.8. The molecule has 4 heterocycles. The summed E-state index contributed by atoms with van der Waals surface area (Å²) in [6, 6.07) is 23.0. The largest absolute Gasteiger partial charge is 0.504 e. The predicted octanol–water partition coefficient (Wildman–Crippen LogP) is 4.76. The van der Waals surface area contributed by atoms with Gasteiger partial charge in [-0.05, 0) is 117 Å². The van der Waals surface area contributed by atoms with Crippen LogP contribution in [-0.2, 0) is 44.4 Å². The number of unbranched alkanes of at least 4 members (excludes halogenated alkanes) is 1. The zero-order valence-corrected chi connectivity index (χ0v) is 42.8. The van der Waals surface area contributed by atoms with Gasteiger partial charge in [0, 0.05) is 67.9 Å². The van der Waals surface area contributed by atoms with E-state index in [0.717, 1.165) is 39.7 Å². The van der Waals surface area contributed by atoms with Crippen LogP contribution in [0.25, 0.3) is 16.6 Å². The maximum Gasteiger partial charge on any atom is 0.339 e. The fourth-order valence-corrected chi connectivity index (χ4v) is 12.2. The molecule has 6 aromatic rings. The van der Waals surface area contributed by atoms with Crippen LogP contribution in [0.2, 0.25) is 0 Å². The minimum absolute atomic E-state index is 0.00108. The molecule has 0 aliphatic carbocycles. The zero-order valence-electron chi connectivity index (χ0n) is 40.3. The smallest absolute Gasteiger partial charge is 0.339 e. The van der Waals surface area contributed by atoms with Gasteiger partial charge in [-0.25, -0.2) is 27.7 Å². The Morgan fingerprint density at radius 3 is 2.42 bits per heavy atom. The molecular formula is C49H57N11O10S3. The molecule has 3 atom stereocenters. The van der Waals surface area contributed by atoms with Gasteiger partial charge >= 0.3 is 22.2 Å². The number of likely N-dealkylation sites (N-methyl/N-ethyl adjacent to an activating group) is 2. The van der Waals surface area contributed by atoms with Gasteiger partial charge < -0.3 is 45.9 Å². The third-order valence-electron chi connectivity index (χ3n) is 12.6. The second-order valence-electron chi connectivity index (χ2n) is 17.9. The van der Waals surface area contributed by atoms with Gasteiger partial charge in [0.05, 0.1) is 35.4 Å². The van der Waals surface area contributed by atoms with E-state index in [9.17, 15) is 41.4 Å². The lowest BCUT2D eigenvalue weighted by molar-refractivity contribution is -0.130. The first-order valence-corrected chi connectivity index (χ1v) is 27.4. The van der Waals surface area contributed by atoms with Gasteiger partial charge in [-0.15, -0.1) is 5.10 Å². The molecule has 0 bridgehead atoms. The number of hydrogen-bond acceptors (Lipinski definition) is 15. The van der Waals surface area contributed by atoms with E-state index in [1.165, 1.54) is 54.4 Å². The van der Waals surface area contributed by atoms with Crippen molar-refractivity contribution in [2.75, 3.05) is 44.8 Å². The van der Waals surface area contributed by atoms with Crippen molar-refractivity contribution in [2.24, 2.45) is 0 Å². The Morgan fingerprint density at radius 1 is 0.890 bits per heavy atom. The van der Waals surface area contributed by atoms with Gasteiger partial charge in [0.2, 0.25) is 15.9 Å². The molecule has 4 aromatic carbocycles. The van der Waals surface area contributed by atoms with Crippen molar-refractivity contribution in [1.29, 1.82) is 0 Å². The number of fused-ring (bicyclic) bond motifs is 2. The highest BCUT2D eigenvalue weighted by atomic mass is 32.2. The van der Waals surface area contributed by atoms with E-state index in [4.69, 9.17) is 4.18 Å². The summed E-state index contributed by atoms with van der Waals surface area (Å²) in [5.41, 5.74) is 4.00. The van der Waals surface area contributed by atoms with Crippen molar-refractivity contribution in [2.45, 2.75) is 79.2 Å². The molecule has 2 aliphatic heterocycles. The molecule has 2 fully saturated rings. The van der Waals surface area contributed by atoms with E-state index in [1.807, 2.05) is 36.0 Å². The minimum Gasteiger partial charge on any atom is -0.504 e. The van der Waals surface area contributed by atoms with Gasteiger partial charge in [-0.2, -0.15) is 24.5 Å². The first-order chi connectivity index (χ1) is 34.9. The van der Waals surface area contributed by atoms with Gasteiger partial charge in [-0.3, -0.25) is 4.79 Å². The van der Waals surface area contributed by atoms with Crippen LogP contribution in [0, 0.1) is 6.92 Å². The summed E-state index contributed by atoms with van der Waals surface area (Å²) in [5, 5.41) is 42.6. The molecule has 0 radical (unpaired) electrons. The average molecular weight is 1060 g/mol.